The van der Waals surface area contributed by atoms with Crippen molar-refractivity contribution in [2.24, 2.45) is 5.92 Å². The first-order chi connectivity index (χ1) is 9.06. The number of amides is 1. The summed E-state index contributed by atoms with van der Waals surface area (Å²) in [5.74, 6) is -0.796. The quantitative estimate of drug-likeness (QED) is 0.729. The maximum atomic E-state index is 13.1. The van der Waals surface area contributed by atoms with Crippen LogP contribution in [0.25, 0.3) is 0 Å². The van der Waals surface area contributed by atoms with E-state index in [1.165, 1.54) is 12.1 Å². The zero-order valence-corrected chi connectivity index (χ0v) is 10.7. The third-order valence-corrected chi connectivity index (χ3v) is 3.58. The van der Waals surface area contributed by atoms with Crippen LogP contribution >= 0.6 is 0 Å². The molecule has 1 fully saturated rings. The summed E-state index contributed by atoms with van der Waals surface area (Å²) in [5, 5.41) is 12.5. The molecule has 104 valence electrons. The Balaban J connectivity index is 1.93. The maximum absolute atomic E-state index is 13.1. The van der Waals surface area contributed by atoms with Crippen LogP contribution in [0.4, 0.5) is 10.1 Å². The SMILES string of the molecule is Nc1cc(F)cc(C(=O)NCC2CCCCC2O)c1. The van der Waals surface area contributed by atoms with E-state index in [1.807, 2.05) is 0 Å². The molecule has 0 aliphatic heterocycles. The van der Waals surface area contributed by atoms with E-state index >= 15 is 0 Å². The van der Waals surface area contributed by atoms with Crippen molar-refractivity contribution in [2.75, 3.05) is 12.3 Å². The largest absolute Gasteiger partial charge is 0.399 e. The lowest BCUT2D eigenvalue weighted by molar-refractivity contribution is 0.0663. The van der Waals surface area contributed by atoms with Gasteiger partial charge in [0.25, 0.3) is 5.91 Å². The van der Waals surface area contributed by atoms with Crippen LogP contribution in [-0.4, -0.2) is 23.7 Å². The van der Waals surface area contributed by atoms with Crippen molar-refractivity contribution < 1.29 is 14.3 Å². The molecular formula is C14H19FN2O2. The van der Waals surface area contributed by atoms with Crippen molar-refractivity contribution in [1.29, 1.82) is 0 Å². The number of carbonyl (C=O) groups is 1. The van der Waals surface area contributed by atoms with E-state index in [0.717, 1.165) is 31.7 Å². The van der Waals surface area contributed by atoms with Gasteiger partial charge in [0.05, 0.1) is 6.10 Å². The molecule has 5 heteroatoms. The lowest BCUT2D eigenvalue weighted by Gasteiger charge is -2.27. The van der Waals surface area contributed by atoms with E-state index in [0.29, 0.717) is 6.54 Å². The predicted molar refractivity (Wildman–Crippen MR) is 71.1 cm³/mol. The molecule has 1 aliphatic rings. The van der Waals surface area contributed by atoms with Crippen LogP contribution in [0.3, 0.4) is 0 Å². The molecule has 2 rings (SSSR count). The van der Waals surface area contributed by atoms with Crippen LogP contribution in [0.5, 0.6) is 0 Å². The van der Waals surface area contributed by atoms with Gasteiger partial charge >= 0.3 is 0 Å². The van der Waals surface area contributed by atoms with Gasteiger partial charge in [0.15, 0.2) is 0 Å². The summed E-state index contributed by atoms with van der Waals surface area (Å²) < 4.78 is 13.1. The van der Waals surface area contributed by atoms with Gasteiger partial charge in [-0.05, 0) is 31.0 Å². The van der Waals surface area contributed by atoms with Crippen molar-refractivity contribution in [3.05, 3.63) is 29.6 Å². The molecule has 0 spiro atoms. The summed E-state index contributed by atoms with van der Waals surface area (Å²) in [6.07, 6.45) is 3.45. The first-order valence-electron chi connectivity index (χ1n) is 6.58. The van der Waals surface area contributed by atoms with E-state index < -0.39 is 5.82 Å². The molecule has 4 N–H and O–H groups in total. The first kappa shape index (κ1) is 13.8. The normalized spacial score (nSPS) is 23.1. The Bertz CT molecular complexity index is 445. The second-order valence-electron chi connectivity index (χ2n) is 5.10. The Morgan fingerprint density at radius 1 is 1.37 bits per heavy atom. The number of carbonyl (C=O) groups excluding carboxylic acids is 1. The highest BCUT2D eigenvalue weighted by Crippen LogP contribution is 2.23. The Kier molecular flexibility index (Phi) is 4.37. The van der Waals surface area contributed by atoms with Crippen LogP contribution < -0.4 is 11.1 Å². The molecule has 0 bridgehead atoms. The summed E-state index contributed by atoms with van der Waals surface area (Å²) >= 11 is 0. The molecule has 1 saturated carbocycles. The third kappa shape index (κ3) is 3.67. The highest BCUT2D eigenvalue weighted by Gasteiger charge is 2.23. The molecule has 1 aromatic rings. The summed E-state index contributed by atoms with van der Waals surface area (Å²) in [6, 6.07) is 3.76. The Labute approximate surface area is 111 Å². The number of benzene rings is 1. The minimum atomic E-state index is -0.525. The third-order valence-electron chi connectivity index (χ3n) is 3.58. The molecule has 1 aromatic carbocycles. The van der Waals surface area contributed by atoms with Gasteiger partial charge in [0.1, 0.15) is 5.82 Å². The molecule has 0 aromatic heterocycles. The molecule has 0 saturated heterocycles. The van der Waals surface area contributed by atoms with Gasteiger partial charge in [-0.1, -0.05) is 12.8 Å². The van der Waals surface area contributed by atoms with Crippen LogP contribution in [0.15, 0.2) is 18.2 Å². The fourth-order valence-electron chi connectivity index (χ4n) is 2.50. The number of nitrogens with two attached hydrogens (primary N) is 1. The number of rotatable bonds is 3. The lowest BCUT2D eigenvalue weighted by Crippen LogP contribution is -2.36. The van der Waals surface area contributed by atoms with Gasteiger partial charge in [-0.25, -0.2) is 4.39 Å². The second-order valence-corrected chi connectivity index (χ2v) is 5.10. The van der Waals surface area contributed by atoms with Crippen molar-refractivity contribution in [3.8, 4) is 0 Å². The van der Waals surface area contributed by atoms with E-state index in [-0.39, 0.29) is 29.2 Å². The number of hydrogen-bond acceptors (Lipinski definition) is 3. The molecule has 1 amide bonds. The molecule has 2 atom stereocenters. The monoisotopic (exact) mass is 266 g/mol. The van der Waals surface area contributed by atoms with Crippen molar-refractivity contribution in [1.82, 2.24) is 5.32 Å². The van der Waals surface area contributed by atoms with Crippen LogP contribution in [0.1, 0.15) is 36.0 Å². The number of anilines is 1. The number of nitrogen functional groups attached to an aromatic ring is 1. The average Bonchev–Trinajstić information content (AvgIpc) is 2.36. The fraction of sp³-hybridized carbons (Fsp3) is 0.500. The summed E-state index contributed by atoms with van der Waals surface area (Å²) in [5.41, 5.74) is 5.93. The van der Waals surface area contributed by atoms with Gasteiger partial charge in [0.2, 0.25) is 0 Å². The van der Waals surface area contributed by atoms with Crippen LogP contribution in [0.2, 0.25) is 0 Å². The van der Waals surface area contributed by atoms with Crippen LogP contribution in [0, 0.1) is 11.7 Å². The summed E-state index contributed by atoms with van der Waals surface area (Å²) in [7, 11) is 0. The fourth-order valence-corrected chi connectivity index (χ4v) is 2.50. The Morgan fingerprint density at radius 2 is 2.11 bits per heavy atom. The van der Waals surface area contributed by atoms with E-state index in [9.17, 15) is 14.3 Å². The van der Waals surface area contributed by atoms with Gasteiger partial charge in [-0.3, -0.25) is 4.79 Å². The number of halogens is 1. The maximum Gasteiger partial charge on any atom is 0.251 e. The van der Waals surface area contributed by atoms with Crippen molar-refractivity contribution in [2.45, 2.75) is 31.8 Å². The molecule has 4 nitrogen and oxygen atoms in total. The second kappa shape index (κ2) is 6.02. The minimum absolute atomic E-state index is 0.0867. The Hall–Kier alpha value is -1.62. The average molecular weight is 266 g/mol. The lowest BCUT2D eigenvalue weighted by atomic mass is 9.86. The molecule has 2 unspecified atom stereocenters. The number of aliphatic hydroxyl groups is 1. The predicted octanol–water partition coefficient (Wildman–Crippen LogP) is 1.69. The zero-order chi connectivity index (χ0) is 13.8. The smallest absolute Gasteiger partial charge is 0.251 e. The topological polar surface area (TPSA) is 75.4 Å². The highest BCUT2D eigenvalue weighted by atomic mass is 19.1. The number of hydrogen-bond donors (Lipinski definition) is 3. The van der Waals surface area contributed by atoms with E-state index in [1.54, 1.807) is 0 Å². The van der Waals surface area contributed by atoms with Gasteiger partial charge < -0.3 is 16.2 Å². The molecule has 0 heterocycles. The van der Waals surface area contributed by atoms with E-state index in [4.69, 9.17) is 5.73 Å². The van der Waals surface area contributed by atoms with Gasteiger partial charge in [-0.15, -0.1) is 0 Å². The Morgan fingerprint density at radius 3 is 2.79 bits per heavy atom. The minimum Gasteiger partial charge on any atom is -0.399 e. The zero-order valence-electron chi connectivity index (χ0n) is 10.7. The number of aliphatic hydroxyl groups excluding tert-OH is 1. The molecule has 19 heavy (non-hydrogen) atoms. The van der Waals surface area contributed by atoms with Gasteiger partial charge in [-0.2, -0.15) is 0 Å². The first-order valence-corrected chi connectivity index (χ1v) is 6.58. The highest BCUT2D eigenvalue weighted by molar-refractivity contribution is 5.95. The summed E-state index contributed by atoms with van der Waals surface area (Å²) in [4.78, 5) is 11.9. The van der Waals surface area contributed by atoms with E-state index in [2.05, 4.69) is 5.32 Å². The summed E-state index contributed by atoms with van der Waals surface area (Å²) in [6.45, 7) is 0.413. The standard InChI is InChI=1S/C14H19FN2O2/c15-11-5-10(6-12(16)7-11)14(19)17-8-9-3-1-2-4-13(9)18/h5-7,9,13,18H,1-4,8,16H2,(H,17,19). The molecule has 0 radical (unpaired) electrons. The molecular weight excluding hydrogens is 247 g/mol. The number of nitrogens with one attached hydrogen (secondary N) is 1. The van der Waals surface area contributed by atoms with Crippen molar-refractivity contribution in [3.63, 3.8) is 0 Å². The van der Waals surface area contributed by atoms with Gasteiger partial charge in [0, 0.05) is 23.7 Å². The molecule has 1 aliphatic carbocycles. The van der Waals surface area contributed by atoms with Crippen LogP contribution in [-0.2, 0) is 0 Å². The van der Waals surface area contributed by atoms with Crippen molar-refractivity contribution >= 4 is 11.6 Å².